The maximum absolute atomic E-state index is 5.71. The van der Waals surface area contributed by atoms with Crippen LogP contribution in [0.15, 0.2) is 34.9 Å². The molecule has 0 radical (unpaired) electrons. The highest BCUT2D eigenvalue weighted by molar-refractivity contribution is 9.10. The van der Waals surface area contributed by atoms with Gasteiger partial charge in [-0.25, -0.2) is 4.98 Å². The molecule has 5 heteroatoms. The van der Waals surface area contributed by atoms with Gasteiger partial charge in [-0.15, -0.1) is 0 Å². The Labute approximate surface area is 127 Å². The number of nitrogens with two attached hydrogens (primary N) is 1. The van der Waals surface area contributed by atoms with Crippen molar-refractivity contribution >= 4 is 21.9 Å². The summed E-state index contributed by atoms with van der Waals surface area (Å²) < 4.78 is 6.38. The predicted octanol–water partition coefficient (Wildman–Crippen LogP) is 4.30. The minimum absolute atomic E-state index is 0.165. The molecule has 0 saturated heterocycles. The van der Waals surface area contributed by atoms with Crippen LogP contribution in [0.2, 0.25) is 0 Å². The number of hydrogen-bond acceptors (Lipinski definition) is 4. The first kappa shape index (κ1) is 14.8. The van der Waals surface area contributed by atoms with Crippen molar-refractivity contribution in [3.63, 3.8) is 0 Å². The largest absolute Gasteiger partial charge is 0.438 e. The molecule has 106 valence electrons. The van der Waals surface area contributed by atoms with Gasteiger partial charge in [0.15, 0.2) is 0 Å². The monoisotopic (exact) mass is 335 g/mol. The Morgan fingerprint density at radius 3 is 2.50 bits per heavy atom. The van der Waals surface area contributed by atoms with Crippen LogP contribution in [0, 0.1) is 0 Å². The number of nitrogen functional groups attached to an aromatic ring is 1. The molecule has 0 saturated carbocycles. The molecule has 1 heterocycles. The summed E-state index contributed by atoms with van der Waals surface area (Å²) in [5, 5.41) is 0. The SMILES string of the molecule is CCC(C)(C)c1ccc(Oc2nc(N)ncc2Br)cc1. The maximum atomic E-state index is 5.71. The number of aromatic nitrogens is 2. The number of rotatable bonds is 4. The fraction of sp³-hybridized carbons (Fsp3) is 0.333. The van der Waals surface area contributed by atoms with Gasteiger partial charge in [-0.1, -0.05) is 32.9 Å². The zero-order chi connectivity index (χ0) is 14.8. The topological polar surface area (TPSA) is 61.0 Å². The average molecular weight is 336 g/mol. The van der Waals surface area contributed by atoms with Gasteiger partial charge in [-0.3, -0.25) is 0 Å². The van der Waals surface area contributed by atoms with E-state index in [2.05, 4.69) is 58.8 Å². The fourth-order valence-corrected chi connectivity index (χ4v) is 2.00. The summed E-state index contributed by atoms with van der Waals surface area (Å²) in [7, 11) is 0. The molecule has 2 aromatic rings. The summed E-state index contributed by atoms with van der Waals surface area (Å²) in [6, 6.07) is 8.05. The van der Waals surface area contributed by atoms with Crippen molar-refractivity contribution in [1.29, 1.82) is 0 Å². The van der Waals surface area contributed by atoms with E-state index in [0.29, 0.717) is 10.4 Å². The van der Waals surface area contributed by atoms with Gasteiger partial charge in [-0.2, -0.15) is 4.98 Å². The first-order valence-corrected chi connectivity index (χ1v) is 7.28. The third kappa shape index (κ3) is 3.28. The molecule has 0 bridgehead atoms. The number of halogens is 1. The molecule has 0 unspecified atom stereocenters. The summed E-state index contributed by atoms with van der Waals surface area (Å²) in [6.45, 7) is 6.64. The van der Waals surface area contributed by atoms with E-state index in [1.807, 2.05) is 12.1 Å². The highest BCUT2D eigenvalue weighted by Crippen LogP contribution is 2.31. The molecular weight excluding hydrogens is 318 g/mol. The van der Waals surface area contributed by atoms with E-state index in [4.69, 9.17) is 10.5 Å². The van der Waals surface area contributed by atoms with Crippen LogP contribution >= 0.6 is 15.9 Å². The number of benzene rings is 1. The molecule has 20 heavy (non-hydrogen) atoms. The number of ether oxygens (including phenoxy) is 1. The third-order valence-corrected chi connectivity index (χ3v) is 4.01. The van der Waals surface area contributed by atoms with Crippen LogP contribution in [0.3, 0.4) is 0 Å². The summed E-state index contributed by atoms with van der Waals surface area (Å²) in [5.74, 6) is 1.33. The standard InChI is InChI=1S/C15H18BrN3O/c1-4-15(2,3)10-5-7-11(8-6-10)20-13-12(16)9-18-14(17)19-13/h5-9H,4H2,1-3H3,(H2,17,18,19). The van der Waals surface area contributed by atoms with Crippen molar-refractivity contribution in [2.24, 2.45) is 0 Å². The first-order chi connectivity index (χ1) is 9.42. The average Bonchev–Trinajstić information content (AvgIpc) is 2.43. The fourth-order valence-electron chi connectivity index (χ4n) is 1.73. The lowest BCUT2D eigenvalue weighted by Crippen LogP contribution is -2.14. The molecule has 0 amide bonds. The predicted molar refractivity (Wildman–Crippen MR) is 84.0 cm³/mol. The van der Waals surface area contributed by atoms with E-state index >= 15 is 0 Å². The molecular formula is C15H18BrN3O. The Morgan fingerprint density at radius 1 is 1.25 bits per heavy atom. The molecule has 2 rings (SSSR count). The third-order valence-electron chi connectivity index (χ3n) is 3.46. The van der Waals surface area contributed by atoms with Crippen LogP contribution < -0.4 is 10.5 Å². The normalized spacial score (nSPS) is 11.4. The van der Waals surface area contributed by atoms with Gasteiger partial charge >= 0.3 is 0 Å². The lowest BCUT2D eigenvalue weighted by atomic mass is 9.82. The van der Waals surface area contributed by atoms with Gasteiger partial charge in [0.2, 0.25) is 11.8 Å². The summed E-state index contributed by atoms with van der Waals surface area (Å²) >= 11 is 3.34. The van der Waals surface area contributed by atoms with E-state index in [-0.39, 0.29) is 11.4 Å². The van der Waals surface area contributed by atoms with E-state index in [9.17, 15) is 0 Å². The van der Waals surface area contributed by atoms with Gasteiger partial charge in [0.25, 0.3) is 0 Å². The lowest BCUT2D eigenvalue weighted by Gasteiger charge is -2.23. The molecule has 0 atom stereocenters. The summed E-state index contributed by atoms with van der Waals surface area (Å²) in [6.07, 6.45) is 2.66. The maximum Gasteiger partial charge on any atom is 0.238 e. The Morgan fingerprint density at radius 2 is 1.90 bits per heavy atom. The van der Waals surface area contributed by atoms with Crippen molar-refractivity contribution in [2.45, 2.75) is 32.6 Å². The van der Waals surface area contributed by atoms with Crippen molar-refractivity contribution in [2.75, 3.05) is 5.73 Å². The minimum Gasteiger partial charge on any atom is -0.438 e. The van der Waals surface area contributed by atoms with Crippen molar-refractivity contribution in [3.8, 4) is 11.6 Å². The molecule has 0 spiro atoms. The second kappa shape index (κ2) is 5.79. The van der Waals surface area contributed by atoms with Gasteiger partial charge in [0.1, 0.15) is 5.75 Å². The van der Waals surface area contributed by atoms with Crippen LogP contribution in [0.5, 0.6) is 11.6 Å². The van der Waals surface area contributed by atoms with E-state index < -0.39 is 0 Å². The van der Waals surface area contributed by atoms with Crippen molar-refractivity contribution in [3.05, 3.63) is 40.5 Å². The van der Waals surface area contributed by atoms with E-state index in [1.54, 1.807) is 6.20 Å². The molecule has 1 aromatic heterocycles. The molecule has 0 aliphatic carbocycles. The minimum atomic E-state index is 0.165. The zero-order valence-corrected chi connectivity index (χ0v) is 13.4. The van der Waals surface area contributed by atoms with Crippen LogP contribution in [0.1, 0.15) is 32.8 Å². The first-order valence-electron chi connectivity index (χ1n) is 6.49. The Balaban J connectivity index is 2.21. The quantitative estimate of drug-likeness (QED) is 0.904. The highest BCUT2D eigenvalue weighted by Gasteiger charge is 2.17. The summed E-state index contributed by atoms with van der Waals surface area (Å²) in [4.78, 5) is 7.93. The van der Waals surface area contributed by atoms with Gasteiger partial charge in [0, 0.05) is 0 Å². The molecule has 2 N–H and O–H groups in total. The lowest BCUT2D eigenvalue weighted by molar-refractivity contribution is 0.457. The highest BCUT2D eigenvalue weighted by atomic mass is 79.9. The van der Waals surface area contributed by atoms with Gasteiger partial charge < -0.3 is 10.5 Å². The second-order valence-corrected chi connectivity index (χ2v) is 6.10. The van der Waals surface area contributed by atoms with Crippen LogP contribution in [-0.4, -0.2) is 9.97 Å². The Bertz CT molecular complexity index is 597. The molecule has 1 aromatic carbocycles. The molecule has 0 aliphatic rings. The van der Waals surface area contributed by atoms with Crippen LogP contribution in [0.25, 0.3) is 0 Å². The van der Waals surface area contributed by atoms with Crippen LogP contribution in [0.4, 0.5) is 5.95 Å². The molecule has 4 nitrogen and oxygen atoms in total. The number of hydrogen-bond donors (Lipinski definition) is 1. The van der Waals surface area contributed by atoms with Crippen LogP contribution in [-0.2, 0) is 5.41 Å². The number of nitrogens with zero attached hydrogens (tertiary/aromatic N) is 2. The second-order valence-electron chi connectivity index (χ2n) is 5.25. The molecule has 0 fully saturated rings. The number of anilines is 1. The van der Waals surface area contributed by atoms with Crippen molar-refractivity contribution < 1.29 is 4.74 Å². The van der Waals surface area contributed by atoms with Crippen molar-refractivity contribution in [1.82, 2.24) is 9.97 Å². The molecule has 0 aliphatic heterocycles. The summed E-state index contributed by atoms with van der Waals surface area (Å²) in [5.41, 5.74) is 7.01. The zero-order valence-electron chi connectivity index (χ0n) is 11.9. The van der Waals surface area contributed by atoms with E-state index in [0.717, 1.165) is 12.2 Å². The smallest absolute Gasteiger partial charge is 0.238 e. The van der Waals surface area contributed by atoms with Gasteiger partial charge in [-0.05, 0) is 45.5 Å². The van der Waals surface area contributed by atoms with E-state index in [1.165, 1.54) is 5.56 Å². The Hall–Kier alpha value is -1.62. The Kier molecular flexibility index (Phi) is 4.28. The van der Waals surface area contributed by atoms with Gasteiger partial charge in [0.05, 0.1) is 10.7 Å².